The summed E-state index contributed by atoms with van der Waals surface area (Å²) in [5, 5.41) is 27.3. The lowest BCUT2D eigenvalue weighted by Crippen LogP contribution is -2.51. The highest BCUT2D eigenvalue weighted by Crippen LogP contribution is 1.84. The Morgan fingerprint density at radius 1 is 1.31 bits per heavy atom. The highest BCUT2D eigenvalue weighted by Gasteiger charge is 2.21. The molecule has 0 aliphatic heterocycles. The molecule has 13 heavy (non-hydrogen) atoms. The molecular formula is C6H12N2O5. The first-order chi connectivity index (χ1) is 6.02. The standard InChI is InChI=1S/C6H12N2O5/c7-3(1-9)5(11)8-4(2-10)6(12)13/h3-4,9-10H,1-2,7H2,(H,8,11)(H,12,13)/t3-,4+/m1/s1. The normalized spacial score (nSPS) is 14.7. The summed E-state index contributed by atoms with van der Waals surface area (Å²) in [5.74, 6) is -2.18. The van der Waals surface area contributed by atoms with Gasteiger partial charge in [-0.15, -0.1) is 0 Å². The Morgan fingerprint density at radius 2 is 1.85 bits per heavy atom. The van der Waals surface area contributed by atoms with E-state index in [-0.39, 0.29) is 0 Å². The quantitative estimate of drug-likeness (QED) is 0.313. The molecule has 1 amide bonds. The van der Waals surface area contributed by atoms with Crippen LogP contribution >= 0.6 is 0 Å². The first-order valence-electron chi connectivity index (χ1n) is 3.53. The lowest BCUT2D eigenvalue weighted by molar-refractivity contribution is -0.143. The van der Waals surface area contributed by atoms with Gasteiger partial charge in [-0.2, -0.15) is 0 Å². The summed E-state index contributed by atoms with van der Waals surface area (Å²) in [6, 6.07) is -2.56. The van der Waals surface area contributed by atoms with Crippen LogP contribution in [0.2, 0.25) is 0 Å². The molecule has 0 fully saturated rings. The van der Waals surface area contributed by atoms with Gasteiger partial charge in [0, 0.05) is 0 Å². The maximum Gasteiger partial charge on any atom is 0.328 e. The number of hydrogen-bond donors (Lipinski definition) is 5. The van der Waals surface area contributed by atoms with E-state index in [4.69, 9.17) is 21.1 Å². The van der Waals surface area contributed by atoms with Crippen molar-refractivity contribution in [3.8, 4) is 0 Å². The molecule has 0 saturated heterocycles. The topological polar surface area (TPSA) is 133 Å². The largest absolute Gasteiger partial charge is 0.480 e. The predicted molar refractivity (Wildman–Crippen MR) is 41.7 cm³/mol. The highest BCUT2D eigenvalue weighted by atomic mass is 16.4. The zero-order valence-electron chi connectivity index (χ0n) is 6.80. The average molecular weight is 192 g/mol. The molecule has 0 rings (SSSR count). The Labute approximate surface area is 74.2 Å². The number of nitrogens with two attached hydrogens (primary N) is 1. The number of aliphatic carboxylic acids is 1. The van der Waals surface area contributed by atoms with Gasteiger partial charge in [-0.05, 0) is 0 Å². The van der Waals surface area contributed by atoms with Gasteiger partial charge in [-0.25, -0.2) is 4.79 Å². The Morgan fingerprint density at radius 3 is 2.15 bits per heavy atom. The van der Waals surface area contributed by atoms with E-state index in [9.17, 15) is 9.59 Å². The Balaban J connectivity index is 4.09. The van der Waals surface area contributed by atoms with Gasteiger partial charge in [0.1, 0.15) is 12.1 Å². The molecule has 76 valence electrons. The molecular weight excluding hydrogens is 180 g/mol. The van der Waals surface area contributed by atoms with Crippen LogP contribution in [0.25, 0.3) is 0 Å². The van der Waals surface area contributed by atoms with Gasteiger partial charge in [-0.1, -0.05) is 0 Å². The minimum absolute atomic E-state index is 0.580. The number of hydrogen-bond acceptors (Lipinski definition) is 5. The SMILES string of the molecule is N[C@H](CO)C(=O)N[C@@H](CO)C(=O)O. The fourth-order valence-electron chi connectivity index (χ4n) is 0.547. The van der Waals surface area contributed by atoms with E-state index in [1.165, 1.54) is 0 Å². The Kier molecular flexibility index (Phi) is 4.97. The van der Waals surface area contributed by atoms with Crippen molar-refractivity contribution in [1.82, 2.24) is 5.32 Å². The predicted octanol–water partition coefficient (Wildman–Crippen LogP) is -3.13. The molecule has 0 bridgehead atoms. The van der Waals surface area contributed by atoms with E-state index in [1.807, 2.05) is 5.32 Å². The number of nitrogens with one attached hydrogen (secondary N) is 1. The van der Waals surface area contributed by atoms with Gasteiger partial charge >= 0.3 is 5.97 Å². The molecule has 0 aromatic rings. The van der Waals surface area contributed by atoms with Crippen molar-refractivity contribution in [2.24, 2.45) is 5.73 Å². The summed E-state index contributed by atoms with van der Waals surface area (Å²) in [4.78, 5) is 21.2. The van der Waals surface area contributed by atoms with Crippen LogP contribution in [0.5, 0.6) is 0 Å². The number of carbonyl (C=O) groups is 2. The van der Waals surface area contributed by atoms with Crippen LogP contribution in [0, 0.1) is 0 Å². The third kappa shape index (κ3) is 3.83. The van der Waals surface area contributed by atoms with Crippen molar-refractivity contribution in [3.63, 3.8) is 0 Å². The molecule has 0 aliphatic rings. The van der Waals surface area contributed by atoms with Crippen molar-refractivity contribution in [2.75, 3.05) is 13.2 Å². The summed E-state index contributed by atoms with van der Waals surface area (Å²) >= 11 is 0. The third-order valence-electron chi connectivity index (χ3n) is 1.33. The first kappa shape index (κ1) is 11.8. The van der Waals surface area contributed by atoms with Crippen molar-refractivity contribution in [1.29, 1.82) is 0 Å². The van der Waals surface area contributed by atoms with E-state index >= 15 is 0 Å². The second-order valence-corrected chi connectivity index (χ2v) is 2.37. The number of aliphatic hydroxyl groups excluding tert-OH is 2. The minimum Gasteiger partial charge on any atom is -0.480 e. The average Bonchev–Trinajstić information content (AvgIpc) is 2.11. The van der Waals surface area contributed by atoms with E-state index in [0.29, 0.717) is 0 Å². The lowest BCUT2D eigenvalue weighted by atomic mass is 10.2. The molecule has 0 unspecified atom stereocenters. The maximum atomic E-state index is 10.9. The van der Waals surface area contributed by atoms with Crippen molar-refractivity contribution in [2.45, 2.75) is 12.1 Å². The molecule has 0 aliphatic carbocycles. The molecule has 0 heterocycles. The number of carboxylic acids is 1. The summed E-state index contributed by atoms with van der Waals surface area (Å²) in [5.41, 5.74) is 5.08. The summed E-state index contributed by atoms with van der Waals surface area (Å²) < 4.78 is 0. The molecule has 0 aromatic heterocycles. The van der Waals surface area contributed by atoms with E-state index < -0.39 is 37.2 Å². The molecule has 0 radical (unpaired) electrons. The van der Waals surface area contributed by atoms with Gasteiger partial charge in [0.25, 0.3) is 0 Å². The summed E-state index contributed by atoms with van der Waals surface area (Å²) in [6.07, 6.45) is 0. The zero-order valence-corrected chi connectivity index (χ0v) is 6.80. The third-order valence-corrected chi connectivity index (χ3v) is 1.33. The Bertz CT molecular complexity index is 195. The highest BCUT2D eigenvalue weighted by molar-refractivity contribution is 5.86. The van der Waals surface area contributed by atoms with E-state index in [2.05, 4.69) is 0 Å². The second kappa shape index (κ2) is 5.46. The van der Waals surface area contributed by atoms with Gasteiger partial charge < -0.3 is 26.4 Å². The number of aliphatic hydroxyl groups is 2. The van der Waals surface area contributed by atoms with Gasteiger partial charge in [0.15, 0.2) is 0 Å². The van der Waals surface area contributed by atoms with Gasteiger partial charge in [0.2, 0.25) is 5.91 Å². The first-order valence-corrected chi connectivity index (χ1v) is 3.53. The molecule has 0 aromatic carbocycles. The van der Waals surface area contributed by atoms with Crippen LogP contribution in [0.1, 0.15) is 0 Å². The minimum atomic E-state index is -1.38. The molecule has 0 saturated carbocycles. The van der Waals surface area contributed by atoms with Crippen LogP contribution < -0.4 is 11.1 Å². The van der Waals surface area contributed by atoms with Crippen LogP contribution in [-0.4, -0.2) is 52.5 Å². The zero-order chi connectivity index (χ0) is 10.4. The van der Waals surface area contributed by atoms with Crippen LogP contribution in [0.3, 0.4) is 0 Å². The van der Waals surface area contributed by atoms with Crippen LogP contribution in [0.4, 0.5) is 0 Å². The monoisotopic (exact) mass is 192 g/mol. The number of carbonyl (C=O) groups excluding carboxylic acids is 1. The van der Waals surface area contributed by atoms with Crippen LogP contribution in [0.15, 0.2) is 0 Å². The fourth-order valence-corrected chi connectivity index (χ4v) is 0.547. The number of rotatable bonds is 5. The molecule has 7 nitrogen and oxygen atoms in total. The lowest BCUT2D eigenvalue weighted by Gasteiger charge is -2.14. The van der Waals surface area contributed by atoms with E-state index in [0.717, 1.165) is 0 Å². The van der Waals surface area contributed by atoms with Crippen molar-refractivity contribution in [3.05, 3.63) is 0 Å². The summed E-state index contributed by atoms with van der Waals surface area (Å²) in [7, 11) is 0. The Hall–Kier alpha value is -1.18. The van der Waals surface area contributed by atoms with Crippen molar-refractivity contribution < 1.29 is 24.9 Å². The molecule has 2 atom stereocenters. The fraction of sp³-hybridized carbons (Fsp3) is 0.667. The van der Waals surface area contributed by atoms with E-state index in [1.54, 1.807) is 0 Å². The number of carboxylic acid groups (broad SMARTS) is 1. The maximum absolute atomic E-state index is 10.9. The smallest absolute Gasteiger partial charge is 0.328 e. The van der Waals surface area contributed by atoms with Crippen LogP contribution in [-0.2, 0) is 9.59 Å². The number of amides is 1. The molecule has 6 N–H and O–H groups in total. The second-order valence-electron chi connectivity index (χ2n) is 2.37. The van der Waals surface area contributed by atoms with Gasteiger partial charge in [-0.3, -0.25) is 4.79 Å². The summed E-state index contributed by atoms with van der Waals surface area (Å²) in [6.45, 7) is -1.30. The van der Waals surface area contributed by atoms with Crippen molar-refractivity contribution >= 4 is 11.9 Å². The molecule has 7 heteroatoms. The molecule has 0 spiro atoms. The van der Waals surface area contributed by atoms with Gasteiger partial charge in [0.05, 0.1) is 13.2 Å².